The number of hydrogen-bond donors (Lipinski definition) is 1. The van der Waals surface area contributed by atoms with Crippen LogP contribution in [0.3, 0.4) is 0 Å². The third kappa shape index (κ3) is 6.47. The van der Waals surface area contributed by atoms with Gasteiger partial charge in [-0.2, -0.15) is 0 Å². The third-order valence-corrected chi connectivity index (χ3v) is 6.50. The summed E-state index contributed by atoms with van der Waals surface area (Å²) < 4.78 is 0. The van der Waals surface area contributed by atoms with Crippen LogP contribution in [0.1, 0.15) is 55.3 Å². The van der Waals surface area contributed by atoms with Crippen molar-refractivity contribution in [3.8, 4) is 0 Å². The molecule has 6 heteroatoms. The molecule has 31 heavy (non-hydrogen) atoms. The lowest BCUT2D eigenvalue weighted by Crippen LogP contribution is -2.47. The Labute approximate surface area is 194 Å². The van der Waals surface area contributed by atoms with Crippen molar-refractivity contribution < 1.29 is 9.59 Å². The first-order valence-corrected chi connectivity index (χ1v) is 11.8. The fourth-order valence-electron chi connectivity index (χ4n) is 4.09. The molecule has 4 nitrogen and oxygen atoms in total. The quantitative estimate of drug-likeness (QED) is 0.542. The second-order valence-electron chi connectivity index (χ2n) is 8.56. The molecule has 0 aliphatic heterocycles. The topological polar surface area (TPSA) is 49.4 Å². The van der Waals surface area contributed by atoms with E-state index in [1.165, 1.54) is 0 Å². The molecule has 2 amide bonds. The molecule has 2 aromatic carbocycles. The highest BCUT2D eigenvalue weighted by Crippen LogP contribution is 2.28. The highest BCUT2D eigenvalue weighted by atomic mass is 35.5. The molecule has 0 heterocycles. The maximum atomic E-state index is 13.5. The number of carbonyl (C=O) groups is 2. The Hall–Kier alpha value is -2.04. The van der Waals surface area contributed by atoms with Gasteiger partial charge in [-0.15, -0.1) is 11.6 Å². The Morgan fingerprint density at radius 2 is 1.65 bits per heavy atom. The molecule has 0 unspecified atom stereocenters. The number of aryl methyl sites for hydroxylation is 1. The smallest absolute Gasteiger partial charge is 0.247 e. The van der Waals surface area contributed by atoms with Gasteiger partial charge in [0, 0.05) is 17.6 Å². The Balaban J connectivity index is 1.90. The van der Waals surface area contributed by atoms with Crippen molar-refractivity contribution >= 4 is 35.0 Å². The first-order valence-electron chi connectivity index (χ1n) is 10.8. The van der Waals surface area contributed by atoms with Crippen LogP contribution in [0.25, 0.3) is 0 Å². The van der Waals surface area contributed by atoms with Gasteiger partial charge in [0.1, 0.15) is 11.9 Å². The van der Waals surface area contributed by atoms with Gasteiger partial charge >= 0.3 is 0 Å². The van der Waals surface area contributed by atoms with Gasteiger partial charge in [-0.1, -0.05) is 60.5 Å². The van der Waals surface area contributed by atoms with E-state index in [4.69, 9.17) is 23.2 Å². The van der Waals surface area contributed by atoms with Crippen LogP contribution in [-0.2, 0) is 16.1 Å². The van der Waals surface area contributed by atoms with E-state index < -0.39 is 6.04 Å². The minimum Gasteiger partial charge on any atom is -0.351 e. The monoisotopic (exact) mass is 460 g/mol. The van der Waals surface area contributed by atoms with E-state index in [2.05, 4.69) is 12.2 Å². The molecule has 0 bridgehead atoms. The lowest BCUT2D eigenvalue weighted by Gasteiger charge is -2.34. The van der Waals surface area contributed by atoms with Gasteiger partial charge in [-0.05, 0) is 61.8 Å². The number of hydrogen-bond acceptors (Lipinski definition) is 2. The Kier molecular flexibility index (Phi) is 8.39. The predicted molar refractivity (Wildman–Crippen MR) is 126 cm³/mol. The Morgan fingerprint density at radius 3 is 2.23 bits per heavy atom. The maximum absolute atomic E-state index is 13.5. The fraction of sp³-hybridized carbons (Fsp3) is 0.440. The van der Waals surface area contributed by atoms with Crippen LogP contribution in [0.15, 0.2) is 48.5 Å². The van der Waals surface area contributed by atoms with Gasteiger partial charge in [0.05, 0.1) is 0 Å². The summed E-state index contributed by atoms with van der Waals surface area (Å²) in [4.78, 5) is 28.0. The molecule has 0 aromatic heterocycles. The fourth-order valence-corrected chi connectivity index (χ4v) is 4.37. The number of amides is 2. The number of rotatable bonds is 7. The van der Waals surface area contributed by atoms with Crippen LogP contribution in [0.2, 0.25) is 5.02 Å². The van der Waals surface area contributed by atoms with E-state index in [1.807, 2.05) is 31.2 Å². The van der Waals surface area contributed by atoms with Gasteiger partial charge in [0.15, 0.2) is 0 Å². The highest BCUT2D eigenvalue weighted by molar-refractivity contribution is 6.30. The summed E-state index contributed by atoms with van der Waals surface area (Å²) in [5.41, 5.74) is 2.80. The number of halogens is 2. The Bertz CT molecular complexity index is 875. The summed E-state index contributed by atoms with van der Waals surface area (Å²) in [7, 11) is 0. The van der Waals surface area contributed by atoms with Crippen molar-refractivity contribution in [2.75, 3.05) is 5.88 Å². The van der Waals surface area contributed by atoms with Gasteiger partial charge in [-0.3, -0.25) is 9.59 Å². The molecule has 1 aliphatic rings. The normalized spacial score (nSPS) is 19.5. The van der Waals surface area contributed by atoms with Crippen LogP contribution >= 0.6 is 23.2 Å². The summed E-state index contributed by atoms with van der Waals surface area (Å²) in [6.07, 6.45) is 4.12. The van der Waals surface area contributed by atoms with Crippen molar-refractivity contribution in [2.24, 2.45) is 5.92 Å². The standard InChI is InChI=1S/C25H30Cl2N2O2/c1-17-3-7-19(8-4-17)16-29(23(30)15-26)24(20-9-11-21(27)12-10-20)25(31)28-22-13-5-18(2)6-14-22/h3-4,7-12,18,22,24H,5-6,13-16H2,1-2H3,(H,28,31)/t18?,22?,24-/m1/s1. The molecular weight excluding hydrogens is 431 g/mol. The van der Waals surface area contributed by atoms with E-state index in [0.29, 0.717) is 17.5 Å². The molecule has 0 spiro atoms. The van der Waals surface area contributed by atoms with Gasteiger partial charge in [0.2, 0.25) is 11.8 Å². The summed E-state index contributed by atoms with van der Waals surface area (Å²) in [6, 6.07) is 14.4. The molecule has 166 valence electrons. The number of nitrogens with zero attached hydrogens (tertiary/aromatic N) is 1. The average molecular weight is 461 g/mol. The number of benzene rings is 2. The van der Waals surface area contributed by atoms with Crippen molar-refractivity contribution in [1.82, 2.24) is 10.2 Å². The molecule has 1 saturated carbocycles. The van der Waals surface area contributed by atoms with Crippen molar-refractivity contribution in [1.29, 1.82) is 0 Å². The van der Waals surface area contributed by atoms with E-state index in [9.17, 15) is 9.59 Å². The molecular formula is C25H30Cl2N2O2. The summed E-state index contributed by atoms with van der Waals surface area (Å²) in [6.45, 7) is 4.56. The summed E-state index contributed by atoms with van der Waals surface area (Å²) in [5.74, 6) is 0.0441. The lowest BCUT2D eigenvalue weighted by atomic mass is 9.87. The van der Waals surface area contributed by atoms with Gasteiger partial charge in [-0.25, -0.2) is 0 Å². The van der Waals surface area contributed by atoms with Crippen molar-refractivity contribution in [3.05, 3.63) is 70.2 Å². The van der Waals surface area contributed by atoms with Crippen molar-refractivity contribution in [3.63, 3.8) is 0 Å². The first-order chi connectivity index (χ1) is 14.9. The lowest BCUT2D eigenvalue weighted by molar-refractivity contribution is -0.140. The molecule has 1 fully saturated rings. The van der Waals surface area contributed by atoms with E-state index in [0.717, 1.165) is 42.4 Å². The molecule has 0 saturated heterocycles. The molecule has 1 N–H and O–H groups in total. The molecule has 0 radical (unpaired) electrons. The first kappa shape index (κ1) is 23.6. The second-order valence-corrected chi connectivity index (χ2v) is 9.26. The minimum atomic E-state index is -0.774. The molecule has 2 aromatic rings. The maximum Gasteiger partial charge on any atom is 0.247 e. The molecule has 1 atom stereocenters. The number of carbonyl (C=O) groups excluding carboxylic acids is 2. The molecule has 3 rings (SSSR count). The zero-order valence-corrected chi connectivity index (χ0v) is 19.6. The predicted octanol–water partition coefficient (Wildman–Crippen LogP) is 5.65. The summed E-state index contributed by atoms with van der Waals surface area (Å²) >= 11 is 12.0. The van der Waals surface area contributed by atoms with Crippen molar-refractivity contribution in [2.45, 2.75) is 58.2 Å². The second kappa shape index (κ2) is 11.0. The average Bonchev–Trinajstić information content (AvgIpc) is 2.77. The largest absolute Gasteiger partial charge is 0.351 e. The van der Waals surface area contributed by atoms with Crippen LogP contribution in [0, 0.1) is 12.8 Å². The van der Waals surface area contributed by atoms with Crippen LogP contribution in [-0.4, -0.2) is 28.6 Å². The third-order valence-electron chi connectivity index (χ3n) is 6.02. The molecule has 1 aliphatic carbocycles. The number of alkyl halides is 1. The summed E-state index contributed by atoms with van der Waals surface area (Å²) in [5, 5.41) is 3.78. The highest BCUT2D eigenvalue weighted by Gasteiger charge is 2.33. The van der Waals surface area contributed by atoms with Crippen LogP contribution in [0.5, 0.6) is 0 Å². The van der Waals surface area contributed by atoms with E-state index in [-0.39, 0.29) is 23.7 Å². The SMILES string of the molecule is Cc1ccc(CN(C(=O)CCl)[C@@H](C(=O)NC2CCC(C)CC2)c2ccc(Cl)cc2)cc1. The zero-order chi connectivity index (χ0) is 22.4. The Morgan fingerprint density at radius 1 is 1.03 bits per heavy atom. The minimum absolute atomic E-state index is 0.130. The van der Waals surface area contributed by atoms with E-state index >= 15 is 0 Å². The van der Waals surface area contributed by atoms with Gasteiger partial charge in [0.25, 0.3) is 0 Å². The van der Waals surface area contributed by atoms with Crippen LogP contribution < -0.4 is 5.32 Å². The number of nitrogens with one attached hydrogen (secondary N) is 1. The zero-order valence-electron chi connectivity index (χ0n) is 18.1. The van der Waals surface area contributed by atoms with Gasteiger partial charge < -0.3 is 10.2 Å². The van der Waals surface area contributed by atoms with E-state index in [1.54, 1.807) is 29.2 Å². The van der Waals surface area contributed by atoms with Crippen LogP contribution in [0.4, 0.5) is 0 Å².